The fourth-order valence-corrected chi connectivity index (χ4v) is 3.12. The van der Waals surface area contributed by atoms with Gasteiger partial charge in [-0.25, -0.2) is 4.39 Å². The molecule has 0 unspecified atom stereocenters. The van der Waals surface area contributed by atoms with Crippen molar-refractivity contribution in [3.8, 4) is 0 Å². The Labute approximate surface area is 124 Å². The predicted molar refractivity (Wildman–Crippen MR) is 78.4 cm³/mol. The molecule has 2 aliphatic rings. The average molecular weight is 299 g/mol. The van der Waals surface area contributed by atoms with Gasteiger partial charge in [0.25, 0.3) is 0 Å². The zero-order valence-corrected chi connectivity index (χ0v) is 12.2. The van der Waals surface area contributed by atoms with Crippen molar-refractivity contribution in [2.75, 3.05) is 26.2 Å². The molecule has 5 heteroatoms. The predicted octanol–water partition coefficient (Wildman–Crippen LogP) is 1.86. The Hall–Kier alpha value is -1.13. The lowest BCUT2D eigenvalue weighted by Gasteiger charge is -2.17. The van der Waals surface area contributed by atoms with E-state index in [1.54, 1.807) is 12.1 Å². The highest BCUT2D eigenvalue weighted by Gasteiger charge is 2.37. The minimum absolute atomic E-state index is 0. The Bertz CT molecular complexity index is 453. The van der Waals surface area contributed by atoms with Gasteiger partial charge in [-0.1, -0.05) is 12.1 Å². The maximum absolute atomic E-state index is 12.8. The second-order valence-electron chi connectivity index (χ2n) is 5.60. The molecule has 2 fully saturated rings. The number of hydrogen-bond donors (Lipinski definition) is 1. The van der Waals surface area contributed by atoms with Crippen LogP contribution in [0.15, 0.2) is 24.3 Å². The first-order valence-electron chi connectivity index (χ1n) is 6.95. The Balaban J connectivity index is 0.00000147. The van der Waals surface area contributed by atoms with Gasteiger partial charge in [-0.2, -0.15) is 0 Å². The summed E-state index contributed by atoms with van der Waals surface area (Å²) in [6.45, 7) is 3.90. The van der Waals surface area contributed by atoms with E-state index in [0.29, 0.717) is 24.7 Å². The van der Waals surface area contributed by atoms with Gasteiger partial charge in [-0.15, -0.1) is 12.4 Å². The number of nitrogens with zero attached hydrogens (tertiary/aromatic N) is 1. The number of amides is 1. The molecular weight excluding hydrogens is 279 g/mol. The maximum atomic E-state index is 12.8. The van der Waals surface area contributed by atoms with Crippen molar-refractivity contribution < 1.29 is 9.18 Å². The molecule has 1 amide bonds. The van der Waals surface area contributed by atoms with Crippen molar-refractivity contribution in [3.05, 3.63) is 35.6 Å². The number of nitrogens with one attached hydrogen (secondary N) is 1. The zero-order chi connectivity index (χ0) is 13.2. The van der Waals surface area contributed by atoms with Crippen LogP contribution in [0.1, 0.15) is 12.0 Å². The molecule has 2 heterocycles. The Kier molecular flexibility index (Phi) is 5.00. The van der Waals surface area contributed by atoms with E-state index in [2.05, 4.69) is 5.32 Å². The fraction of sp³-hybridized carbons (Fsp3) is 0.533. The molecule has 20 heavy (non-hydrogen) atoms. The summed E-state index contributed by atoms with van der Waals surface area (Å²) >= 11 is 0. The molecule has 110 valence electrons. The number of rotatable bonds is 3. The van der Waals surface area contributed by atoms with Gasteiger partial charge in [0.05, 0.1) is 0 Å². The van der Waals surface area contributed by atoms with Crippen molar-refractivity contribution in [1.29, 1.82) is 0 Å². The quantitative estimate of drug-likeness (QED) is 0.924. The molecular formula is C15H20ClFN2O. The molecule has 3 rings (SSSR count). The van der Waals surface area contributed by atoms with Crippen LogP contribution in [-0.2, 0) is 11.2 Å². The average Bonchev–Trinajstić information content (AvgIpc) is 2.98. The molecule has 0 bridgehead atoms. The molecule has 0 spiro atoms. The molecule has 1 N–H and O–H groups in total. The van der Waals surface area contributed by atoms with E-state index < -0.39 is 0 Å². The normalized spacial score (nSPS) is 24.4. The lowest BCUT2D eigenvalue weighted by atomic mass is 10.0. The summed E-state index contributed by atoms with van der Waals surface area (Å²) in [6, 6.07) is 6.41. The first-order valence-corrected chi connectivity index (χ1v) is 6.95. The summed E-state index contributed by atoms with van der Waals surface area (Å²) in [5.74, 6) is 1.30. The molecule has 0 aliphatic carbocycles. The van der Waals surface area contributed by atoms with Crippen LogP contribution in [0.5, 0.6) is 0 Å². The molecule has 1 aromatic rings. The SMILES string of the molecule is Cl.O=C(CCc1ccc(F)cc1)N1C[C@H]2CNC[C@H]2C1. The van der Waals surface area contributed by atoms with Gasteiger partial charge in [-0.3, -0.25) is 4.79 Å². The number of hydrogen-bond acceptors (Lipinski definition) is 2. The minimum atomic E-state index is -0.227. The van der Waals surface area contributed by atoms with Gasteiger partial charge >= 0.3 is 0 Å². The van der Waals surface area contributed by atoms with E-state index in [1.165, 1.54) is 12.1 Å². The standard InChI is InChI=1S/C15H19FN2O.ClH/c16-14-4-1-11(2-5-14)3-6-15(19)18-9-12-7-17-8-13(12)10-18;/h1-2,4-5,12-13,17H,3,6-10H2;1H/t12-,13+;. The largest absolute Gasteiger partial charge is 0.342 e. The molecule has 2 saturated heterocycles. The van der Waals surface area contributed by atoms with Crippen molar-refractivity contribution in [2.24, 2.45) is 11.8 Å². The molecule has 0 saturated carbocycles. The number of benzene rings is 1. The number of carbonyl (C=O) groups is 1. The van der Waals surface area contributed by atoms with Crippen molar-refractivity contribution in [1.82, 2.24) is 10.2 Å². The fourth-order valence-electron chi connectivity index (χ4n) is 3.12. The molecule has 2 atom stereocenters. The first-order chi connectivity index (χ1) is 9.22. The van der Waals surface area contributed by atoms with Gasteiger partial charge in [0.1, 0.15) is 5.82 Å². The van der Waals surface area contributed by atoms with Crippen molar-refractivity contribution in [3.63, 3.8) is 0 Å². The number of halogens is 2. The van der Waals surface area contributed by atoms with Crippen LogP contribution in [0.4, 0.5) is 4.39 Å². The van der Waals surface area contributed by atoms with Crippen LogP contribution in [0.25, 0.3) is 0 Å². The van der Waals surface area contributed by atoms with Crippen molar-refractivity contribution >= 4 is 18.3 Å². The van der Waals surface area contributed by atoms with Crippen LogP contribution >= 0.6 is 12.4 Å². The third kappa shape index (κ3) is 3.30. The summed E-state index contributed by atoms with van der Waals surface area (Å²) in [7, 11) is 0. The lowest BCUT2D eigenvalue weighted by molar-refractivity contribution is -0.130. The molecule has 0 radical (unpaired) electrons. The van der Waals surface area contributed by atoms with Crippen LogP contribution < -0.4 is 5.32 Å². The Morgan fingerprint density at radius 3 is 2.40 bits per heavy atom. The number of carbonyl (C=O) groups excluding carboxylic acids is 1. The zero-order valence-electron chi connectivity index (χ0n) is 11.3. The van der Waals surface area contributed by atoms with E-state index in [1.807, 2.05) is 4.90 Å². The first kappa shape index (κ1) is 15.3. The van der Waals surface area contributed by atoms with Gasteiger partial charge in [-0.05, 0) is 36.0 Å². The van der Waals surface area contributed by atoms with Crippen LogP contribution in [0, 0.1) is 17.7 Å². The van der Waals surface area contributed by atoms with Crippen LogP contribution in [0.2, 0.25) is 0 Å². The summed E-state index contributed by atoms with van der Waals surface area (Å²) in [4.78, 5) is 14.1. The topological polar surface area (TPSA) is 32.3 Å². The highest BCUT2D eigenvalue weighted by molar-refractivity contribution is 5.85. The summed E-state index contributed by atoms with van der Waals surface area (Å²) < 4.78 is 12.8. The summed E-state index contributed by atoms with van der Waals surface area (Å²) in [5.41, 5.74) is 1.02. The van der Waals surface area contributed by atoms with Gasteiger partial charge < -0.3 is 10.2 Å². The molecule has 2 aliphatic heterocycles. The molecule has 0 aromatic heterocycles. The lowest BCUT2D eigenvalue weighted by Crippen LogP contribution is -2.31. The van der Waals surface area contributed by atoms with E-state index in [0.717, 1.165) is 31.7 Å². The number of likely N-dealkylation sites (tertiary alicyclic amines) is 1. The number of fused-ring (bicyclic) bond motifs is 1. The van der Waals surface area contributed by atoms with E-state index in [9.17, 15) is 9.18 Å². The highest BCUT2D eigenvalue weighted by Crippen LogP contribution is 2.26. The molecule has 3 nitrogen and oxygen atoms in total. The van der Waals surface area contributed by atoms with E-state index >= 15 is 0 Å². The van der Waals surface area contributed by atoms with Crippen molar-refractivity contribution in [2.45, 2.75) is 12.8 Å². The van der Waals surface area contributed by atoms with Gasteiger partial charge in [0.2, 0.25) is 5.91 Å². The third-order valence-corrected chi connectivity index (χ3v) is 4.28. The second-order valence-corrected chi connectivity index (χ2v) is 5.60. The minimum Gasteiger partial charge on any atom is -0.342 e. The van der Waals surface area contributed by atoms with E-state index in [4.69, 9.17) is 0 Å². The monoisotopic (exact) mass is 298 g/mol. The highest BCUT2D eigenvalue weighted by atomic mass is 35.5. The molecule has 1 aromatic carbocycles. The third-order valence-electron chi connectivity index (χ3n) is 4.28. The summed E-state index contributed by atoms with van der Waals surface area (Å²) in [5, 5.41) is 3.37. The van der Waals surface area contributed by atoms with Gasteiger partial charge in [0, 0.05) is 32.6 Å². The summed E-state index contributed by atoms with van der Waals surface area (Å²) in [6.07, 6.45) is 1.22. The maximum Gasteiger partial charge on any atom is 0.222 e. The van der Waals surface area contributed by atoms with Crippen LogP contribution in [0.3, 0.4) is 0 Å². The van der Waals surface area contributed by atoms with E-state index in [-0.39, 0.29) is 24.1 Å². The number of aryl methyl sites for hydroxylation is 1. The second kappa shape index (κ2) is 6.55. The smallest absolute Gasteiger partial charge is 0.222 e. The van der Waals surface area contributed by atoms with Gasteiger partial charge in [0.15, 0.2) is 0 Å². The Morgan fingerprint density at radius 2 is 1.80 bits per heavy atom. The van der Waals surface area contributed by atoms with Crippen LogP contribution in [-0.4, -0.2) is 37.0 Å². The Morgan fingerprint density at radius 1 is 1.20 bits per heavy atom.